The molecule has 19 heavy (non-hydrogen) atoms. The molecule has 2 nitrogen and oxygen atoms in total. The van der Waals surface area contributed by atoms with Crippen molar-refractivity contribution in [1.82, 2.24) is 4.90 Å². The van der Waals surface area contributed by atoms with Gasteiger partial charge in [-0.1, -0.05) is 37.3 Å². The average molecular weight is 261 g/mol. The molecule has 0 saturated carbocycles. The van der Waals surface area contributed by atoms with E-state index in [4.69, 9.17) is 0 Å². The Labute approximate surface area is 117 Å². The first-order valence-corrected chi connectivity index (χ1v) is 7.30. The van der Waals surface area contributed by atoms with Crippen LogP contribution < -0.4 is 0 Å². The summed E-state index contributed by atoms with van der Waals surface area (Å²) in [4.78, 5) is 2.51. The van der Waals surface area contributed by atoms with Gasteiger partial charge in [0.1, 0.15) is 0 Å². The minimum Gasteiger partial charge on any atom is -0.385 e. The van der Waals surface area contributed by atoms with Crippen molar-refractivity contribution in [3.8, 4) is 0 Å². The minimum atomic E-state index is -0.692. The molecule has 1 saturated heterocycles. The number of hydrogen-bond acceptors (Lipinski definition) is 2. The van der Waals surface area contributed by atoms with Crippen molar-refractivity contribution in [2.75, 3.05) is 6.54 Å². The van der Waals surface area contributed by atoms with Gasteiger partial charge in [-0.2, -0.15) is 0 Å². The monoisotopic (exact) mass is 261 g/mol. The highest BCUT2D eigenvalue weighted by Gasteiger charge is 2.45. The normalized spacial score (nSPS) is 33.4. The summed E-state index contributed by atoms with van der Waals surface area (Å²) in [6.45, 7) is 12.1. The van der Waals surface area contributed by atoms with Gasteiger partial charge in [0.25, 0.3) is 0 Å². The molecule has 0 aliphatic carbocycles. The molecule has 0 radical (unpaired) electrons. The number of piperidine rings is 1. The van der Waals surface area contributed by atoms with E-state index >= 15 is 0 Å². The van der Waals surface area contributed by atoms with Crippen molar-refractivity contribution in [1.29, 1.82) is 0 Å². The predicted molar refractivity (Wildman–Crippen MR) is 80.0 cm³/mol. The van der Waals surface area contributed by atoms with Gasteiger partial charge in [-0.3, -0.25) is 4.90 Å². The summed E-state index contributed by atoms with van der Waals surface area (Å²) in [7, 11) is 0. The van der Waals surface area contributed by atoms with Crippen molar-refractivity contribution < 1.29 is 5.11 Å². The van der Waals surface area contributed by atoms with Gasteiger partial charge in [-0.15, -0.1) is 0 Å². The summed E-state index contributed by atoms with van der Waals surface area (Å²) < 4.78 is 0. The lowest BCUT2D eigenvalue weighted by atomic mass is 9.73. The first-order chi connectivity index (χ1) is 8.75. The molecule has 1 aromatic rings. The fourth-order valence-electron chi connectivity index (χ4n) is 3.45. The van der Waals surface area contributed by atoms with Gasteiger partial charge in [0.15, 0.2) is 0 Å². The van der Waals surface area contributed by atoms with Crippen LogP contribution in [-0.4, -0.2) is 28.1 Å². The van der Waals surface area contributed by atoms with Crippen molar-refractivity contribution in [3.05, 3.63) is 35.9 Å². The molecular formula is C17H27NO. The third-order valence-corrected chi connectivity index (χ3v) is 4.56. The minimum absolute atomic E-state index is 0.158. The number of benzene rings is 1. The van der Waals surface area contributed by atoms with Crippen LogP contribution in [0.25, 0.3) is 0 Å². The van der Waals surface area contributed by atoms with Crippen LogP contribution in [0, 0.1) is 5.92 Å². The maximum absolute atomic E-state index is 11.1. The van der Waals surface area contributed by atoms with Gasteiger partial charge < -0.3 is 5.11 Å². The van der Waals surface area contributed by atoms with E-state index in [9.17, 15) is 5.11 Å². The van der Waals surface area contributed by atoms with E-state index in [0.29, 0.717) is 6.04 Å². The van der Waals surface area contributed by atoms with E-state index in [1.807, 2.05) is 18.2 Å². The average Bonchev–Trinajstić information content (AvgIpc) is 2.33. The zero-order chi connectivity index (χ0) is 14.3. The SMILES string of the molecule is C[C@@H]1CN(C(C)(C)C)[C@@H](C)C[C@]1(O)c1ccccc1. The van der Waals surface area contributed by atoms with Crippen LogP contribution in [0.1, 0.15) is 46.6 Å². The molecular weight excluding hydrogens is 234 g/mol. The smallest absolute Gasteiger partial charge is 0.0948 e. The predicted octanol–water partition coefficient (Wildman–Crippen LogP) is 3.40. The molecule has 2 heteroatoms. The van der Waals surface area contributed by atoms with Crippen LogP contribution in [-0.2, 0) is 5.60 Å². The highest BCUT2D eigenvalue weighted by molar-refractivity contribution is 5.24. The van der Waals surface area contributed by atoms with Gasteiger partial charge in [0, 0.05) is 24.0 Å². The summed E-state index contributed by atoms with van der Waals surface area (Å²) in [5, 5.41) is 11.1. The highest BCUT2D eigenvalue weighted by atomic mass is 16.3. The van der Waals surface area contributed by atoms with Crippen LogP contribution in [0.4, 0.5) is 0 Å². The summed E-state index contributed by atoms with van der Waals surface area (Å²) in [6.07, 6.45) is 0.801. The van der Waals surface area contributed by atoms with Crippen LogP contribution in [0.15, 0.2) is 30.3 Å². The lowest BCUT2D eigenvalue weighted by Crippen LogP contribution is -2.58. The summed E-state index contributed by atoms with van der Waals surface area (Å²) in [6, 6.07) is 10.5. The third kappa shape index (κ3) is 2.70. The standard InChI is InChI=1S/C17H27NO/c1-13-12-18(16(3,4)5)14(2)11-17(13,19)15-9-7-6-8-10-15/h6-10,13-14,19H,11-12H2,1-5H3/t13-,14+,17-/m1/s1. The third-order valence-electron chi connectivity index (χ3n) is 4.56. The van der Waals surface area contributed by atoms with Crippen LogP contribution in [0.5, 0.6) is 0 Å². The molecule has 1 N–H and O–H groups in total. The number of nitrogens with zero attached hydrogens (tertiary/aromatic N) is 1. The van der Waals surface area contributed by atoms with E-state index < -0.39 is 5.60 Å². The van der Waals surface area contributed by atoms with Gasteiger partial charge in [0.05, 0.1) is 5.60 Å². The van der Waals surface area contributed by atoms with E-state index in [1.54, 1.807) is 0 Å². The second kappa shape index (κ2) is 4.92. The summed E-state index contributed by atoms with van der Waals surface area (Å²) in [5.41, 5.74) is 0.525. The maximum atomic E-state index is 11.1. The molecule has 1 aromatic carbocycles. The van der Waals surface area contributed by atoms with Crippen molar-refractivity contribution >= 4 is 0 Å². The van der Waals surface area contributed by atoms with E-state index in [-0.39, 0.29) is 11.5 Å². The van der Waals surface area contributed by atoms with Gasteiger partial charge >= 0.3 is 0 Å². The summed E-state index contributed by atoms with van der Waals surface area (Å²) >= 11 is 0. The molecule has 0 amide bonds. The first-order valence-electron chi connectivity index (χ1n) is 7.30. The number of likely N-dealkylation sites (tertiary alicyclic amines) is 1. The fourth-order valence-corrected chi connectivity index (χ4v) is 3.45. The Bertz CT molecular complexity index is 423. The highest BCUT2D eigenvalue weighted by Crippen LogP contribution is 2.41. The largest absolute Gasteiger partial charge is 0.385 e. The summed E-state index contributed by atoms with van der Waals surface area (Å²) in [5.74, 6) is 0.241. The van der Waals surface area contributed by atoms with Gasteiger partial charge in [-0.05, 0) is 39.7 Å². The number of aliphatic hydroxyl groups is 1. The maximum Gasteiger partial charge on any atom is 0.0948 e. The molecule has 0 aromatic heterocycles. The zero-order valence-electron chi connectivity index (χ0n) is 12.9. The Balaban J connectivity index is 2.28. The lowest BCUT2D eigenvalue weighted by Gasteiger charge is -2.52. The fraction of sp³-hybridized carbons (Fsp3) is 0.647. The van der Waals surface area contributed by atoms with Crippen molar-refractivity contribution in [2.45, 2.75) is 58.2 Å². The quantitative estimate of drug-likeness (QED) is 0.837. The molecule has 3 atom stereocenters. The molecule has 1 aliphatic heterocycles. The molecule has 1 aliphatic rings. The van der Waals surface area contributed by atoms with E-state index in [1.165, 1.54) is 0 Å². The Hall–Kier alpha value is -0.860. The number of hydrogen-bond donors (Lipinski definition) is 1. The van der Waals surface area contributed by atoms with Crippen LogP contribution >= 0.6 is 0 Å². The zero-order valence-corrected chi connectivity index (χ0v) is 12.9. The molecule has 0 unspecified atom stereocenters. The van der Waals surface area contributed by atoms with E-state index in [2.05, 4.69) is 51.7 Å². The molecule has 106 valence electrons. The Morgan fingerprint density at radius 1 is 1.16 bits per heavy atom. The first kappa shape index (κ1) is 14.5. The molecule has 0 spiro atoms. The molecule has 2 rings (SSSR count). The van der Waals surface area contributed by atoms with Crippen molar-refractivity contribution in [2.24, 2.45) is 5.92 Å². The van der Waals surface area contributed by atoms with Crippen LogP contribution in [0.3, 0.4) is 0 Å². The second-order valence-corrected chi connectivity index (χ2v) is 7.07. The van der Waals surface area contributed by atoms with Gasteiger partial charge in [0.2, 0.25) is 0 Å². The van der Waals surface area contributed by atoms with Crippen molar-refractivity contribution in [3.63, 3.8) is 0 Å². The Kier molecular flexibility index (Phi) is 3.76. The lowest BCUT2D eigenvalue weighted by molar-refractivity contribution is -0.111. The topological polar surface area (TPSA) is 23.5 Å². The molecule has 1 fully saturated rings. The second-order valence-electron chi connectivity index (χ2n) is 7.07. The molecule has 1 heterocycles. The van der Waals surface area contributed by atoms with Gasteiger partial charge in [-0.25, -0.2) is 0 Å². The molecule has 0 bridgehead atoms. The Morgan fingerprint density at radius 3 is 2.26 bits per heavy atom. The number of rotatable bonds is 1. The Morgan fingerprint density at radius 2 is 1.74 bits per heavy atom. The van der Waals surface area contributed by atoms with Crippen LogP contribution in [0.2, 0.25) is 0 Å². The van der Waals surface area contributed by atoms with E-state index in [0.717, 1.165) is 18.5 Å².